The second-order valence-electron chi connectivity index (χ2n) is 4.90. The number of hydrogen-bond donors (Lipinski definition) is 0. The number of carbonyl (C=O) groups excluding carboxylic acids is 1. The summed E-state index contributed by atoms with van der Waals surface area (Å²) in [6.07, 6.45) is -1.58. The fourth-order valence-electron chi connectivity index (χ4n) is 1.93. The van der Waals surface area contributed by atoms with Crippen molar-refractivity contribution in [1.82, 2.24) is 0 Å². The third-order valence-corrected chi connectivity index (χ3v) is 4.36. The van der Waals surface area contributed by atoms with Crippen LogP contribution in [0.15, 0.2) is 58.3 Å². The lowest BCUT2D eigenvalue weighted by atomic mass is 10.2. The minimum atomic E-state index is -4.38. The highest BCUT2D eigenvalue weighted by molar-refractivity contribution is 7.99. The molecule has 0 aromatic heterocycles. The SMILES string of the molecule is CCOC(=O)/C=C/c1ccc(Sc2cccc(C(F)(F)F)c2)cc1Cl. The highest BCUT2D eigenvalue weighted by Crippen LogP contribution is 2.35. The topological polar surface area (TPSA) is 26.3 Å². The molecule has 2 rings (SSSR count). The Morgan fingerprint density at radius 1 is 1.20 bits per heavy atom. The van der Waals surface area contributed by atoms with Gasteiger partial charge in [-0.1, -0.05) is 35.5 Å². The molecule has 132 valence electrons. The highest BCUT2D eigenvalue weighted by Gasteiger charge is 2.30. The van der Waals surface area contributed by atoms with E-state index in [0.29, 0.717) is 20.4 Å². The first-order valence-corrected chi connectivity index (χ1v) is 8.48. The largest absolute Gasteiger partial charge is 0.463 e. The van der Waals surface area contributed by atoms with Gasteiger partial charge in [0.2, 0.25) is 0 Å². The number of halogens is 4. The summed E-state index contributed by atoms with van der Waals surface area (Å²) < 4.78 is 43.0. The minimum absolute atomic E-state index is 0.281. The van der Waals surface area contributed by atoms with E-state index >= 15 is 0 Å². The molecule has 0 saturated carbocycles. The maximum absolute atomic E-state index is 12.8. The Hall–Kier alpha value is -1.92. The van der Waals surface area contributed by atoms with Crippen LogP contribution in [0.1, 0.15) is 18.1 Å². The summed E-state index contributed by atoms with van der Waals surface area (Å²) in [6, 6.07) is 10.1. The minimum Gasteiger partial charge on any atom is -0.463 e. The van der Waals surface area contributed by atoms with E-state index in [0.717, 1.165) is 12.1 Å². The molecule has 0 bridgehead atoms. The Kier molecular flexibility index (Phi) is 6.56. The molecular weight excluding hydrogens is 373 g/mol. The second kappa shape index (κ2) is 8.45. The first kappa shape index (κ1) is 19.4. The van der Waals surface area contributed by atoms with E-state index in [4.69, 9.17) is 16.3 Å². The Morgan fingerprint density at radius 2 is 1.92 bits per heavy atom. The number of esters is 1. The average Bonchev–Trinajstić information content (AvgIpc) is 2.54. The molecule has 2 nitrogen and oxygen atoms in total. The Morgan fingerprint density at radius 3 is 2.56 bits per heavy atom. The summed E-state index contributed by atoms with van der Waals surface area (Å²) in [4.78, 5) is 12.5. The van der Waals surface area contributed by atoms with E-state index in [9.17, 15) is 18.0 Å². The zero-order valence-corrected chi connectivity index (χ0v) is 14.7. The maximum atomic E-state index is 12.8. The summed E-state index contributed by atoms with van der Waals surface area (Å²) >= 11 is 7.34. The molecule has 0 aliphatic carbocycles. The summed E-state index contributed by atoms with van der Waals surface area (Å²) in [6.45, 7) is 1.99. The van der Waals surface area contributed by atoms with Gasteiger partial charge in [0, 0.05) is 20.9 Å². The zero-order valence-electron chi connectivity index (χ0n) is 13.1. The van der Waals surface area contributed by atoms with E-state index in [2.05, 4.69) is 0 Å². The number of alkyl halides is 3. The van der Waals surface area contributed by atoms with Crippen LogP contribution in [0.3, 0.4) is 0 Å². The molecule has 0 atom stereocenters. The van der Waals surface area contributed by atoms with E-state index in [1.54, 1.807) is 31.2 Å². The van der Waals surface area contributed by atoms with Crippen molar-refractivity contribution >= 4 is 35.4 Å². The number of hydrogen-bond acceptors (Lipinski definition) is 3. The van der Waals surface area contributed by atoms with Crippen LogP contribution >= 0.6 is 23.4 Å². The summed E-state index contributed by atoms with van der Waals surface area (Å²) in [5, 5.41) is 0.387. The molecule has 0 aliphatic heterocycles. The van der Waals surface area contributed by atoms with Gasteiger partial charge < -0.3 is 4.74 Å². The van der Waals surface area contributed by atoms with Gasteiger partial charge in [-0.3, -0.25) is 0 Å². The maximum Gasteiger partial charge on any atom is 0.416 e. The van der Waals surface area contributed by atoms with Crippen molar-refractivity contribution in [3.63, 3.8) is 0 Å². The zero-order chi connectivity index (χ0) is 18.4. The quantitative estimate of drug-likeness (QED) is 0.459. The molecule has 0 fully saturated rings. The molecule has 0 heterocycles. The number of ether oxygens (including phenoxy) is 1. The monoisotopic (exact) mass is 386 g/mol. The Labute approximate surface area is 152 Å². The van der Waals surface area contributed by atoms with Crippen molar-refractivity contribution in [2.75, 3.05) is 6.61 Å². The normalized spacial score (nSPS) is 11.7. The lowest BCUT2D eigenvalue weighted by Gasteiger charge is -2.09. The molecule has 0 N–H and O–H groups in total. The van der Waals surface area contributed by atoms with Crippen LogP contribution in [0.5, 0.6) is 0 Å². The van der Waals surface area contributed by atoms with Crippen molar-refractivity contribution < 1.29 is 22.7 Å². The van der Waals surface area contributed by atoms with Crippen molar-refractivity contribution in [2.45, 2.75) is 22.9 Å². The number of rotatable bonds is 5. The van der Waals surface area contributed by atoms with Gasteiger partial charge in [0.05, 0.1) is 12.2 Å². The predicted octanol–water partition coefficient (Wildman–Crippen LogP) is 6.09. The van der Waals surface area contributed by atoms with Gasteiger partial charge in [-0.25, -0.2) is 4.79 Å². The third kappa shape index (κ3) is 5.83. The summed E-state index contributed by atoms with van der Waals surface area (Å²) in [5.41, 5.74) is -0.0827. The van der Waals surface area contributed by atoms with Crippen molar-refractivity contribution in [2.24, 2.45) is 0 Å². The van der Waals surface area contributed by atoms with Gasteiger partial charge in [0.15, 0.2) is 0 Å². The van der Waals surface area contributed by atoms with Crippen molar-refractivity contribution in [3.05, 3.63) is 64.7 Å². The Balaban J connectivity index is 2.15. The molecular formula is C18H14ClF3O2S. The smallest absolute Gasteiger partial charge is 0.416 e. The van der Waals surface area contributed by atoms with Crippen LogP contribution in [0, 0.1) is 0 Å². The summed E-state index contributed by atoms with van der Waals surface area (Å²) in [5.74, 6) is -0.471. The number of benzene rings is 2. The van der Waals surface area contributed by atoms with E-state index in [-0.39, 0.29) is 6.61 Å². The highest BCUT2D eigenvalue weighted by atomic mass is 35.5. The third-order valence-electron chi connectivity index (χ3n) is 3.05. The molecule has 0 aliphatic rings. The molecule has 2 aromatic rings. The standard InChI is InChI=1S/C18H14ClF3O2S/c1-2-24-17(23)9-7-12-6-8-15(11-16(12)19)25-14-5-3-4-13(10-14)18(20,21)22/h3-11H,2H2,1H3/b9-7+. The average molecular weight is 387 g/mol. The lowest BCUT2D eigenvalue weighted by Crippen LogP contribution is -2.04. The van der Waals surface area contributed by atoms with Gasteiger partial charge in [0.1, 0.15) is 0 Å². The van der Waals surface area contributed by atoms with Crippen LogP contribution in [-0.4, -0.2) is 12.6 Å². The van der Waals surface area contributed by atoms with Crippen LogP contribution in [-0.2, 0) is 15.7 Å². The van der Waals surface area contributed by atoms with Gasteiger partial charge in [0.25, 0.3) is 0 Å². The molecule has 25 heavy (non-hydrogen) atoms. The van der Waals surface area contributed by atoms with Crippen LogP contribution in [0.2, 0.25) is 5.02 Å². The first-order chi connectivity index (χ1) is 11.8. The number of carbonyl (C=O) groups is 1. The van der Waals surface area contributed by atoms with Gasteiger partial charge >= 0.3 is 12.1 Å². The lowest BCUT2D eigenvalue weighted by molar-refractivity contribution is -0.138. The van der Waals surface area contributed by atoms with Gasteiger partial charge in [-0.05, 0) is 48.9 Å². The predicted molar refractivity (Wildman–Crippen MR) is 92.7 cm³/mol. The summed E-state index contributed by atoms with van der Waals surface area (Å²) in [7, 11) is 0. The van der Waals surface area contributed by atoms with Crippen LogP contribution < -0.4 is 0 Å². The molecule has 0 radical (unpaired) electrons. The van der Waals surface area contributed by atoms with Gasteiger partial charge in [-0.15, -0.1) is 0 Å². The van der Waals surface area contributed by atoms with Crippen LogP contribution in [0.4, 0.5) is 13.2 Å². The van der Waals surface area contributed by atoms with E-state index < -0.39 is 17.7 Å². The first-order valence-electron chi connectivity index (χ1n) is 7.29. The van der Waals surface area contributed by atoms with Crippen molar-refractivity contribution in [1.29, 1.82) is 0 Å². The van der Waals surface area contributed by atoms with Gasteiger partial charge in [-0.2, -0.15) is 13.2 Å². The Bertz CT molecular complexity index is 788. The molecule has 2 aromatic carbocycles. The molecule has 7 heteroatoms. The van der Waals surface area contributed by atoms with Crippen LogP contribution in [0.25, 0.3) is 6.08 Å². The fraction of sp³-hybridized carbons (Fsp3) is 0.167. The molecule has 0 saturated heterocycles. The molecule has 0 amide bonds. The van der Waals surface area contributed by atoms with E-state index in [1.807, 2.05) is 0 Å². The second-order valence-corrected chi connectivity index (χ2v) is 6.45. The fourth-order valence-corrected chi connectivity index (χ4v) is 3.15. The molecule has 0 spiro atoms. The van der Waals surface area contributed by atoms with Crippen molar-refractivity contribution in [3.8, 4) is 0 Å². The van der Waals surface area contributed by atoms with E-state index in [1.165, 1.54) is 30.0 Å². The molecule has 0 unspecified atom stereocenters.